The smallest absolute Gasteiger partial charge is 0.346 e. The van der Waals surface area contributed by atoms with Crippen LogP contribution in [-0.2, 0) is 4.79 Å². The maximum Gasteiger partial charge on any atom is 0.346 e. The van der Waals surface area contributed by atoms with Gasteiger partial charge in [-0.25, -0.2) is 9.18 Å². The van der Waals surface area contributed by atoms with Crippen molar-refractivity contribution in [1.82, 2.24) is 9.91 Å². The Labute approximate surface area is 192 Å². The molecule has 0 saturated carbocycles. The third-order valence-electron chi connectivity index (χ3n) is 5.32. The molecule has 3 heterocycles. The molecule has 2 aromatic carbocycles. The van der Waals surface area contributed by atoms with Gasteiger partial charge in [0.05, 0.1) is 11.1 Å². The predicted octanol–water partition coefficient (Wildman–Crippen LogP) is 3.72. The molecule has 5 rings (SSSR count). The summed E-state index contributed by atoms with van der Waals surface area (Å²) < 4.78 is 19.0. The van der Waals surface area contributed by atoms with Crippen LogP contribution in [-0.4, -0.2) is 51.0 Å². The summed E-state index contributed by atoms with van der Waals surface area (Å²) in [6.45, 7) is 1.82. The molecule has 0 bridgehead atoms. The maximum atomic E-state index is 13.8. The maximum absolute atomic E-state index is 13.8. The molecular weight excluding hydrogens is 445 g/mol. The average Bonchev–Trinajstić information content (AvgIpc) is 3.48. The van der Waals surface area contributed by atoms with Crippen molar-refractivity contribution in [2.75, 3.05) is 13.1 Å². The number of amides is 1. The van der Waals surface area contributed by atoms with E-state index in [2.05, 4.69) is 15.0 Å². The second-order valence-electron chi connectivity index (χ2n) is 7.54. The summed E-state index contributed by atoms with van der Waals surface area (Å²) in [5, 5.41) is 15.5. The Morgan fingerprint density at radius 2 is 1.82 bits per heavy atom. The van der Waals surface area contributed by atoms with Crippen LogP contribution in [0.25, 0.3) is 6.08 Å². The number of benzene rings is 2. The second-order valence-corrected chi connectivity index (χ2v) is 8.47. The lowest BCUT2D eigenvalue weighted by Crippen LogP contribution is -2.35. The van der Waals surface area contributed by atoms with Gasteiger partial charge in [-0.3, -0.25) is 10.2 Å². The van der Waals surface area contributed by atoms with Crippen molar-refractivity contribution in [2.45, 2.75) is 12.8 Å². The van der Waals surface area contributed by atoms with Crippen molar-refractivity contribution in [2.24, 2.45) is 10.1 Å². The Bertz CT molecular complexity index is 1250. The first-order valence-corrected chi connectivity index (χ1v) is 11.1. The van der Waals surface area contributed by atoms with Crippen LogP contribution in [0, 0.1) is 11.2 Å². The average molecular weight is 463 g/mol. The number of carbonyl (C=O) groups excluding carboxylic acids is 2. The standard InChI is InChI=1S/C23H18FN5O3S/c24-18-6-2-1-5-16(18)21(31)32-15-9-7-14(8-10-15)13-17-19(25)29-22(26-20(17)30)33-23(27-29)28-11-3-4-12-28/h1-2,5-10,13,25H,3-4,11-12H2/b17-13-,25-19?. The van der Waals surface area contributed by atoms with Gasteiger partial charge in [0.25, 0.3) is 5.91 Å². The number of ether oxygens (including phenoxy) is 1. The van der Waals surface area contributed by atoms with Crippen LogP contribution in [0.1, 0.15) is 28.8 Å². The lowest BCUT2D eigenvalue weighted by atomic mass is 10.1. The van der Waals surface area contributed by atoms with E-state index in [0.717, 1.165) is 31.1 Å². The number of rotatable bonds is 3. The molecule has 10 heteroatoms. The van der Waals surface area contributed by atoms with Gasteiger partial charge in [-0.15, -0.1) is 5.10 Å². The number of nitrogens with zero attached hydrogens (tertiary/aromatic N) is 4. The molecule has 33 heavy (non-hydrogen) atoms. The number of thioether (sulfide) groups is 1. The van der Waals surface area contributed by atoms with Gasteiger partial charge in [-0.2, -0.15) is 10.0 Å². The van der Waals surface area contributed by atoms with Gasteiger partial charge in [0.2, 0.25) is 5.17 Å². The largest absolute Gasteiger partial charge is 0.423 e. The third kappa shape index (κ3) is 4.17. The Kier molecular flexibility index (Phi) is 5.51. The van der Waals surface area contributed by atoms with Gasteiger partial charge < -0.3 is 9.64 Å². The zero-order chi connectivity index (χ0) is 22.9. The molecule has 3 aliphatic rings. The molecule has 1 fully saturated rings. The highest BCUT2D eigenvalue weighted by molar-refractivity contribution is 8.26. The van der Waals surface area contributed by atoms with Gasteiger partial charge in [-0.1, -0.05) is 24.3 Å². The number of hydrogen-bond donors (Lipinski definition) is 1. The predicted molar refractivity (Wildman–Crippen MR) is 124 cm³/mol. The van der Waals surface area contributed by atoms with Crippen LogP contribution in [0.3, 0.4) is 0 Å². The van der Waals surface area contributed by atoms with E-state index in [1.54, 1.807) is 24.3 Å². The number of likely N-dealkylation sites (tertiary alicyclic amines) is 1. The van der Waals surface area contributed by atoms with Crippen LogP contribution in [0.2, 0.25) is 0 Å². The molecule has 0 aliphatic carbocycles. The first kappa shape index (κ1) is 21.1. The van der Waals surface area contributed by atoms with Crippen LogP contribution in [0.4, 0.5) is 4.39 Å². The molecule has 0 spiro atoms. The van der Waals surface area contributed by atoms with Gasteiger partial charge in [0.1, 0.15) is 11.6 Å². The highest BCUT2D eigenvalue weighted by atomic mass is 32.2. The van der Waals surface area contributed by atoms with Crippen molar-refractivity contribution in [3.05, 3.63) is 71.0 Å². The monoisotopic (exact) mass is 463 g/mol. The summed E-state index contributed by atoms with van der Waals surface area (Å²) >= 11 is 1.30. The Morgan fingerprint density at radius 1 is 1.09 bits per heavy atom. The fourth-order valence-corrected chi connectivity index (χ4v) is 4.55. The summed E-state index contributed by atoms with van der Waals surface area (Å²) in [5.74, 6) is -1.78. The number of nitrogens with one attached hydrogen (secondary N) is 1. The highest BCUT2D eigenvalue weighted by Crippen LogP contribution is 2.31. The van der Waals surface area contributed by atoms with E-state index < -0.39 is 17.7 Å². The summed E-state index contributed by atoms with van der Waals surface area (Å²) in [6.07, 6.45) is 3.74. The second kappa shape index (κ2) is 8.62. The lowest BCUT2D eigenvalue weighted by Gasteiger charge is -2.20. The Morgan fingerprint density at radius 3 is 2.55 bits per heavy atom. The molecule has 8 nitrogen and oxygen atoms in total. The minimum atomic E-state index is -0.802. The first-order valence-electron chi connectivity index (χ1n) is 10.3. The minimum absolute atomic E-state index is 0.0400. The number of esters is 1. The van der Waals surface area contributed by atoms with E-state index in [0.29, 0.717) is 10.7 Å². The zero-order valence-corrected chi connectivity index (χ0v) is 18.1. The van der Waals surface area contributed by atoms with E-state index >= 15 is 0 Å². The molecule has 1 amide bonds. The van der Waals surface area contributed by atoms with Gasteiger partial charge in [-0.05, 0) is 60.5 Å². The summed E-state index contributed by atoms with van der Waals surface area (Å²) in [7, 11) is 0. The quantitative estimate of drug-likeness (QED) is 0.423. The van der Waals surface area contributed by atoms with Crippen molar-refractivity contribution < 1.29 is 18.7 Å². The molecule has 3 aliphatic heterocycles. The first-order chi connectivity index (χ1) is 16.0. The van der Waals surface area contributed by atoms with Crippen LogP contribution >= 0.6 is 11.8 Å². The molecule has 0 atom stereocenters. The fraction of sp³-hybridized carbons (Fsp3) is 0.174. The molecule has 2 aromatic rings. The van der Waals surface area contributed by atoms with Crippen LogP contribution in [0.5, 0.6) is 5.75 Å². The number of amidine groups is 3. The molecule has 1 N–H and O–H groups in total. The normalized spacial score (nSPS) is 19.0. The Hall–Kier alpha value is -3.79. The zero-order valence-electron chi connectivity index (χ0n) is 17.3. The number of hydrazone groups is 1. The number of aliphatic imine (C=N–C) groups is 1. The van der Waals surface area contributed by atoms with E-state index in [9.17, 15) is 14.0 Å². The van der Waals surface area contributed by atoms with Gasteiger partial charge >= 0.3 is 5.97 Å². The molecule has 0 unspecified atom stereocenters. The van der Waals surface area contributed by atoms with Crippen molar-refractivity contribution >= 4 is 45.9 Å². The van der Waals surface area contributed by atoms with Crippen molar-refractivity contribution in [3.8, 4) is 5.75 Å². The number of hydrogen-bond acceptors (Lipinski definition) is 7. The summed E-state index contributed by atoms with van der Waals surface area (Å²) in [5.41, 5.74) is 0.570. The molecule has 0 radical (unpaired) electrons. The molecular formula is C23H18FN5O3S. The Balaban J connectivity index is 1.32. The van der Waals surface area contributed by atoms with E-state index in [4.69, 9.17) is 10.1 Å². The molecule has 1 saturated heterocycles. The van der Waals surface area contributed by atoms with Crippen LogP contribution in [0.15, 0.2) is 64.2 Å². The number of carbonyl (C=O) groups is 2. The topological polar surface area (TPSA) is 98.4 Å². The number of halogens is 1. The summed E-state index contributed by atoms with van der Waals surface area (Å²) in [6, 6.07) is 11.9. The van der Waals surface area contributed by atoms with E-state index in [1.807, 2.05) is 0 Å². The third-order valence-corrected chi connectivity index (χ3v) is 6.29. The molecule has 166 valence electrons. The van der Waals surface area contributed by atoms with Crippen LogP contribution < -0.4 is 4.74 Å². The van der Waals surface area contributed by atoms with Gasteiger partial charge in [0, 0.05) is 13.1 Å². The van der Waals surface area contributed by atoms with Gasteiger partial charge in [0.15, 0.2) is 11.0 Å². The lowest BCUT2D eigenvalue weighted by molar-refractivity contribution is -0.114. The summed E-state index contributed by atoms with van der Waals surface area (Å²) in [4.78, 5) is 31.0. The van der Waals surface area contributed by atoms with Crippen molar-refractivity contribution in [3.63, 3.8) is 0 Å². The van der Waals surface area contributed by atoms with E-state index in [-0.39, 0.29) is 22.7 Å². The number of fused-ring (bicyclic) bond motifs is 1. The minimum Gasteiger partial charge on any atom is -0.423 e. The molecule has 0 aromatic heterocycles. The van der Waals surface area contributed by atoms with E-state index in [1.165, 1.54) is 47.1 Å². The highest BCUT2D eigenvalue weighted by Gasteiger charge is 2.37. The SMILES string of the molecule is N=C1/C(=C/c2ccc(OC(=O)c3ccccc3F)cc2)C(=O)N=C2SC(N3CCCC3)=NN12. The van der Waals surface area contributed by atoms with Crippen molar-refractivity contribution in [1.29, 1.82) is 5.41 Å². The fourth-order valence-electron chi connectivity index (χ4n) is 3.61.